The molecule has 44 heavy (non-hydrogen) atoms. The number of nitrogens with zero attached hydrogens (tertiary/aromatic N) is 4. The Morgan fingerprint density at radius 2 is 1.86 bits per heavy atom. The van der Waals surface area contributed by atoms with E-state index in [1.54, 1.807) is 24.3 Å². The lowest BCUT2D eigenvalue weighted by Crippen LogP contribution is -2.39. The van der Waals surface area contributed by atoms with Gasteiger partial charge in [-0.3, -0.25) is 14.3 Å². The Balaban J connectivity index is 1.18. The summed E-state index contributed by atoms with van der Waals surface area (Å²) in [5, 5.41) is 18.0. The molecule has 0 radical (unpaired) electrons. The van der Waals surface area contributed by atoms with E-state index in [2.05, 4.69) is 15.4 Å². The van der Waals surface area contributed by atoms with Gasteiger partial charge in [-0.25, -0.2) is 0 Å². The fourth-order valence-electron chi connectivity index (χ4n) is 5.40. The molecule has 1 aliphatic carbocycles. The number of aromatic nitrogens is 2. The Bertz CT molecular complexity index is 1690. The fourth-order valence-corrected chi connectivity index (χ4v) is 6.40. The van der Waals surface area contributed by atoms with E-state index in [1.165, 1.54) is 10.9 Å². The number of aliphatic imine (C=N–C) groups is 1. The molecule has 0 bridgehead atoms. The molecule has 232 valence electrons. The van der Waals surface area contributed by atoms with Gasteiger partial charge in [0.1, 0.15) is 0 Å². The number of carbonyl (C=O) groups excluding carboxylic acids is 2. The first-order chi connectivity index (χ1) is 20.8. The van der Waals surface area contributed by atoms with Crippen LogP contribution in [0.3, 0.4) is 0 Å². The molecular weight excluding hydrogens is 612 g/mol. The maximum absolute atomic E-state index is 13.6. The summed E-state index contributed by atoms with van der Waals surface area (Å²) >= 11 is 1.14. The smallest absolute Gasteiger partial charge is 0.394 e. The van der Waals surface area contributed by atoms with Crippen molar-refractivity contribution in [2.45, 2.75) is 50.2 Å². The highest BCUT2D eigenvalue weighted by molar-refractivity contribution is 8.18. The van der Waals surface area contributed by atoms with Crippen LogP contribution in [-0.2, 0) is 28.5 Å². The SMILES string of the molecule is O=C1N=C(N2C[C@H](NC(=O)C3CC3)C[C@@H]2CO)S/C1=C/c1ccc2c(cnn2Cc2ccc(C(F)(F)F)cc2C(F)(F)F)c1. The number of aliphatic hydroxyl groups is 1. The number of likely N-dealkylation sites (tertiary alicyclic amines) is 1. The van der Waals surface area contributed by atoms with Gasteiger partial charge in [-0.2, -0.15) is 36.4 Å². The Morgan fingerprint density at radius 1 is 1.09 bits per heavy atom. The van der Waals surface area contributed by atoms with Crippen LogP contribution in [0.2, 0.25) is 0 Å². The minimum atomic E-state index is -5.00. The number of amides is 2. The van der Waals surface area contributed by atoms with Gasteiger partial charge < -0.3 is 15.3 Å². The van der Waals surface area contributed by atoms with Gasteiger partial charge in [0.2, 0.25) is 5.91 Å². The zero-order valence-electron chi connectivity index (χ0n) is 22.8. The topological polar surface area (TPSA) is 99.8 Å². The number of amidine groups is 1. The number of benzene rings is 2. The molecule has 0 spiro atoms. The van der Waals surface area contributed by atoms with Crippen LogP contribution in [0.15, 0.2) is 52.5 Å². The monoisotopic (exact) mass is 637 g/mol. The third kappa shape index (κ3) is 6.20. The second-order valence-electron chi connectivity index (χ2n) is 11.0. The lowest BCUT2D eigenvalue weighted by Gasteiger charge is -2.23. The van der Waals surface area contributed by atoms with E-state index in [0.29, 0.717) is 45.6 Å². The number of hydrogen-bond acceptors (Lipinski definition) is 6. The number of carbonyl (C=O) groups is 2. The molecule has 2 N–H and O–H groups in total. The molecule has 6 rings (SSSR count). The minimum Gasteiger partial charge on any atom is -0.394 e. The normalized spacial score (nSPS) is 21.9. The summed E-state index contributed by atoms with van der Waals surface area (Å²) in [5.41, 5.74) is -2.09. The first kappa shape index (κ1) is 30.2. The molecule has 1 aromatic heterocycles. The summed E-state index contributed by atoms with van der Waals surface area (Å²) < 4.78 is 81.3. The van der Waals surface area contributed by atoms with Crippen molar-refractivity contribution < 1.29 is 41.0 Å². The van der Waals surface area contributed by atoms with Crippen LogP contribution in [-0.4, -0.2) is 62.0 Å². The van der Waals surface area contributed by atoms with E-state index < -0.39 is 35.9 Å². The van der Waals surface area contributed by atoms with Crippen molar-refractivity contribution in [3.63, 3.8) is 0 Å². The first-order valence-corrected chi connectivity index (χ1v) is 14.5. The van der Waals surface area contributed by atoms with Crippen molar-refractivity contribution in [3.05, 3.63) is 69.8 Å². The van der Waals surface area contributed by atoms with Crippen LogP contribution in [0.5, 0.6) is 0 Å². The second-order valence-corrected chi connectivity index (χ2v) is 12.0. The van der Waals surface area contributed by atoms with Crippen molar-refractivity contribution in [2.24, 2.45) is 10.9 Å². The van der Waals surface area contributed by atoms with Crippen molar-refractivity contribution in [1.29, 1.82) is 0 Å². The van der Waals surface area contributed by atoms with Crippen molar-refractivity contribution >= 4 is 45.7 Å². The lowest BCUT2D eigenvalue weighted by molar-refractivity contribution is -0.143. The quantitative estimate of drug-likeness (QED) is 0.290. The molecule has 2 aliphatic heterocycles. The van der Waals surface area contributed by atoms with Crippen LogP contribution in [0.4, 0.5) is 26.3 Å². The van der Waals surface area contributed by atoms with E-state index in [-0.39, 0.29) is 42.1 Å². The molecule has 2 aromatic carbocycles. The predicted molar refractivity (Wildman–Crippen MR) is 150 cm³/mol. The number of thioether (sulfide) groups is 1. The van der Waals surface area contributed by atoms with Crippen LogP contribution < -0.4 is 5.32 Å². The summed E-state index contributed by atoms with van der Waals surface area (Å²) in [6, 6.07) is 5.99. The fraction of sp³-hybridized carbons (Fsp3) is 0.379. The van der Waals surface area contributed by atoms with Crippen LogP contribution >= 0.6 is 11.8 Å². The van der Waals surface area contributed by atoms with Gasteiger partial charge in [0, 0.05) is 23.9 Å². The standard InChI is InChI=1S/C29H25F6N5O3S/c30-28(31,32)19-5-4-17(22(9-19)29(33,34)35)12-40-23-6-1-15(7-18(23)11-36-40)8-24-26(43)38-27(44-24)39-13-20(10-21(39)14-41)37-25(42)16-2-3-16/h1,4-9,11,16,20-21,41H,2-3,10,12-14H2,(H,37,42)/b24-8+/t20-,21-/m1/s1. The average molecular weight is 638 g/mol. The third-order valence-electron chi connectivity index (χ3n) is 7.80. The molecule has 3 aromatic rings. The molecular formula is C29H25F6N5O3S. The number of hydrogen-bond donors (Lipinski definition) is 2. The van der Waals surface area contributed by atoms with Crippen molar-refractivity contribution in [1.82, 2.24) is 20.0 Å². The van der Waals surface area contributed by atoms with E-state index in [1.807, 2.05) is 4.90 Å². The zero-order chi connectivity index (χ0) is 31.4. The van der Waals surface area contributed by atoms with E-state index in [4.69, 9.17) is 0 Å². The summed E-state index contributed by atoms with van der Waals surface area (Å²) in [4.78, 5) is 31.3. The minimum absolute atomic E-state index is 0.00471. The van der Waals surface area contributed by atoms with Gasteiger partial charge >= 0.3 is 12.4 Å². The van der Waals surface area contributed by atoms with Gasteiger partial charge in [0.25, 0.3) is 5.91 Å². The highest BCUT2D eigenvalue weighted by atomic mass is 32.2. The molecule has 1 saturated heterocycles. The van der Waals surface area contributed by atoms with E-state index >= 15 is 0 Å². The molecule has 3 heterocycles. The highest BCUT2D eigenvalue weighted by Crippen LogP contribution is 2.38. The van der Waals surface area contributed by atoms with Gasteiger partial charge in [0.15, 0.2) is 5.17 Å². The van der Waals surface area contributed by atoms with Gasteiger partial charge in [-0.05, 0) is 72.5 Å². The average Bonchev–Trinajstić information content (AvgIpc) is 3.49. The van der Waals surface area contributed by atoms with Gasteiger partial charge in [0.05, 0.1) is 46.9 Å². The Hall–Kier alpha value is -3.85. The maximum Gasteiger partial charge on any atom is 0.416 e. The molecule has 2 fully saturated rings. The van der Waals surface area contributed by atoms with Gasteiger partial charge in [-0.15, -0.1) is 0 Å². The van der Waals surface area contributed by atoms with E-state index in [9.17, 15) is 41.0 Å². The molecule has 2 amide bonds. The molecule has 3 aliphatic rings. The third-order valence-corrected chi connectivity index (χ3v) is 8.82. The number of halogens is 6. The summed E-state index contributed by atoms with van der Waals surface area (Å²) in [6.07, 6.45) is -4.59. The number of nitrogens with one attached hydrogen (secondary N) is 1. The van der Waals surface area contributed by atoms with Crippen LogP contribution in [0, 0.1) is 5.92 Å². The summed E-state index contributed by atoms with van der Waals surface area (Å²) in [6.45, 7) is -0.164. The van der Waals surface area contributed by atoms with Crippen molar-refractivity contribution in [2.75, 3.05) is 13.2 Å². The van der Waals surface area contributed by atoms with Gasteiger partial charge in [-0.1, -0.05) is 12.1 Å². The molecule has 0 unspecified atom stereocenters. The molecule has 8 nitrogen and oxygen atoms in total. The Labute approximate surface area is 250 Å². The zero-order valence-corrected chi connectivity index (χ0v) is 23.6. The Morgan fingerprint density at radius 3 is 2.55 bits per heavy atom. The molecule has 1 saturated carbocycles. The van der Waals surface area contributed by atoms with E-state index in [0.717, 1.165) is 30.7 Å². The Kier molecular flexibility index (Phi) is 7.72. The molecule has 15 heteroatoms. The van der Waals surface area contributed by atoms with Crippen molar-refractivity contribution in [3.8, 4) is 0 Å². The molecule has 2 atom stereocenters. The first-order valence-electron chi connectivity index (χ1n) is 13.7. The van der Waals surface area contributed by atoms with Crippen LogP contribution in [0.1, 0.15) is 41.5 Å². The number of alkyl halides is 6. The number of fused-ring (bicyclic) bond motifs is 1. The summed E-state index contributed by atoms with van der Waals surface area (Å²) in [7, 11) is 0. The lowest BCUT2D eigenvalue weighted by atomic mass is 10.0. The van der Waals surface area contributed by atoms with Crippen LogP contribution in [0.25, 0.3) is 17.0 Å². The predicted octanol–water partition coefficient (Wildman–Crippen LogP) is 5.05. The summed E-state index contributed by atoms with van der Waals surface area (Å²) in [5.74, 6) is -0.410. The largest absolute Gasteiger partial charge is 0.416 e. The second kappa shape index (κ2) is 11.3. The maximum atomic E-state index is 13.6. The number of rotatable bonds is 6. The number of aliphatic hydroxyl groups excluding tert-OH is 1. The highest BCUT2D eigenvalue weighted by Gasteiger charge is 2.40.